The molecule has 1 heterocycles. The Hall–Kier alpha value is -1.29. The molecule has 0 saturated heterocycles. The second-order valence-electron chi connectivity index (χ2n) is 4.54. The number of amides is 1. The third-order valence-corrected chi connectivity index (χ3v) is 3.17. The third kappa shape index (κ3) is 2.44. The monoisotopic (exact) mass is 222 g/mol. The van der Waals surface area contributed by atoms with Crippen LogP contribution < -0.4 is 5.73 Å². The van der Waals surface area contributed by atoms with Crippen molar-refractivity contribution in [3.8, 4) is 0 Å². The Morgan fingerprint density at radius 3 is 3.00 bits per heavy atom. The standard InChI is InChI=1S/C12H18N2O2/c1-14(8-11-3-2-6-16-11)12(15)9-4-5-10(13)7-9/h2-3,6,9-10H,4-5,7-8,13H2,1H3. The van der Waals surface area contributed by atoms with E-state index in [1.165, 1.54) is 0 Å². The maximum Gasteiger partial charge on any atom is 0.225 e. The van der Waals surface area contributed by atoms with Gasteiger partial charge in [0.25, 0.3) is 0 Å². The smallest absolute Gasteiger partial charge is 0.225 e. The molecule has 1 fully saturated rings. The summed E-state index contributed by atoms with van der Waals surface area (Å²) in [7, 11) is 1.81. The Bertz CT molecular complexity index is 348. The van der Waals surface area contributed by atoms with E-state index in [1.54, 1.807) is 11.2 Å². The summed E-state index contributed by atoms with van der Waals surface area (Å²) in [5.74, 6) is 1.11. The molecule has 1 aromatic rings. The van der Waals surface area contributed by atoms with Gasteiger partial charge in [-0.25, -0.2) is 0 Å². The van der Waals surface area contributed by atoms with Crippen LogP contribution in [0.1, 0.15) is 25.0 Å². The molecular formula is C12H18N2O2. The van der Waals surface area contributed by atoms with Crippen molar-refractivity contribution in [3.05, 3.63) is 24.2 Å². The first kappa shape index (κ1) is 11.2. The predicted molar refractivity (Wildman–Crippen MR) is 60.5 cm³/mol. The van der Waals surface area contributed by atoms with Crippen molar-refractivity contribution in [1.29, 1.82) is 0 Å². The number of nitrogens with two attached hydrogens (primary N) is 1. The predicted octanol–water partition coefficient (Wildman–Crippen LogP) is 1.37. The van der Waals surface area contributed by atoms with Crippen LogP contribution in [0.2, 0.25) is 0 Å². The number of nitrogens with zero attached hydrogens (tertiary/aromatic N) is 1. The fourth-order valence-electron chi connectivity index (χ4n) is 2.27. The van der Waals surface area contributed by atoms with Crippen LogP contribution in [-0.2, 0) is 11.3 Å². The van der Waals surface area contributed by atoms with Gasteiger partial charge in [0, 0.05) is 19.0 Å². The Kier molecular flexibility index (Phi) is 3.29. The van der Waals surface area contributed by atoms with E-state index in [2.05, 4.69) is 0 Å². The van der Waals surface area contributed by atoms with Gasteiger partial charge in [-0.1, -0.05) is 0 Å². The number of furan rings is 1. The topological polar surface area (TPSA) is 59.5 Å². The molecule has 4 heteroatoms. The highest BCUT2D eigenvalue weighted by molar-refractivity contribution is 5.78. The van der Waals surface area contributed by atoms with Crippen LogP contribution in [0.4, 0.5) is 0 Å². The normalized spacial score (nSPS) is 24.6. The summed E-state index contributed by atoms with van der Waals surface area (Å²) in [6, 6.07) is 3.91. The largest absolute Gasteiger partial charge is 0.467 e. The van der Waals surface area contributed by atoms with Gasteiger partial charge in [-0.05, 0) is 31.4 Å². The van der Waals surface area contributed by atoms with Crippen LogP contribution >= 0.6 is 0 Å². The van der Waals surface area contributed by atoms with Gasteiger partial charge in [-0.2, -0.15) is 0 Å². The van der Waals surface area contributed by atoms with E-state index in [-0.39, 0.29) is 17.9 Å². The van der Waals surface area contributed by atoms with Crippen molar-refractivity contribution in [2.75, 3.05) is 7.05 Å². The SMILES string of the molecule is CN(Cc1ccco1)C(=O)C1CCC(N)C1. The molecule has 1 aliphatic carbocycles. The van der Waals surface area contributed by atoms with Crippen LogP contribution in [-0.4, -0.2) is 23.9 Å². The molecule has 2 atom stereocenters. The molecule has 4 nitrogen and oxygen atoms in total. The summed E-state index contributed by atoms with van der Waals surface area (Å²) >= 11 is 0. The lowest BCUT2D eigenvalue weighted by molar-refractivity contribution is -0.134. The van der Waals surface area contributed by atoms with Crippen molar-refractivity contribution in [2.24, 2.45) is 11.7 Å². The van der Waals surface area contributed by atoms with E-state index in [4.69, 9.17) is 10.2 Å². The van der Waals surface area contributed by atoms with Crippen molar-refractivity contribution < 1.29 is 9.21 Å². The van der Waals surface area contributed by atoms with E-state index >= 15 is 0 Å². The Labute approximate surface area is 95.4 Å². The fourth-order valence-corrected chi connectivity index (χ4v) is 2.27. The minimum Gasteiger partial charge on any atom is -0.467 e. The Morgan fingerprint density at radius 2 is 2.44 bits per heavy atom. The summed E-state index contributed by atoms with van der Waals surface area (Å²) in [6.45, 7) is 0.539. The van der Waals surface area contributed by atoms with Crippen LogP contribution in [0.15, 0.2) is 22.8 Å². The number of hydrogen-bond donors (Lipinski definition) is 1. The second-order valence-corrected chi connectivity index (χ2v) is 4.54. The molecule has 0 aromatic carbocycles. The van der Waals surface area contributed by atoms with Gasteiger partial charge >= 0.3 is 0 Å². The molecule has 0 bridgehead atoms. The average molecular weight is 222 g/mol. The second kappa shape index (κ2) is 4.70. The van der Waals surface area contributed by atoms with Gasteiger partial charge in [0.2, 0.25) is 5.91 Å². The van der Waals surface area contributed by atoms with Gasteiger partial charge in [0.05, 0.1) is 12.8 Å². The van der Waals surface area contributed by atoms with Crippen LogP contribution in [0.5, 0.6) is 0 Å². The lowest BCUT2D eigenvalue weighted by Gasteiger charge is -2.19. The van der Waals surface area contributed by atoms with Gasteiger partial charge in [0.15, 0.2) is 0 Å². The number of rotatable bonds is 3. The summed E-state index contributed by atoms with van der Waals surface area (Å²) < 4.78 is 5.22. The highest BCUT2D eigenvalue weighted by atomic mass is 16.3. The molecule has 2 rings (SSSR count). The van der Waals surface area contributed by atoms with Gasteiger partial charge in [-0.15, -0.1) is 0 Å². The van der Waals surface area contributed by atoms with Gasteiger partial charge < -0.3 is 15.1 Å². The first-order chi connectivity index (χ1) is 7.66. The zero-order chi connectivity index (χ0) is 11.5. The van der Waals surface area contributed by atoms with Crippen molar-refractivity contribution in [2.45, 2.75) is 31.8 Å². The van der Waals surface area contributed by atoms with Crippen molar-refractivity contribution in [1.82, 2.24) is 4.90 Å². The zero-order valence-electron chi connectivity index (χ0n) is 9.56. The quantitative estimate of drug-likeness (QED) is 0.840. The number of carbonyl (C=O) groups excluding carboxylic acids is 1. The maximum atomic E-state index is 12.0. The molecule has 16 heavy (non-hydrogen) atoms. The van der Waals surface area contributed by atoms with E-state index < -0.39 is 0 Å². The lowest BCUT2D eigenvalue weighted by Crippen LogP contribution is -2.32. The molecule has 2 unspecified atom stereocenters. The fraction of sp³-hybridized carbons (Fsp3) is 0.583. The Balaban J connectivity index is 1.89. The summed E-state index contributed by atoms with van der Waals surface area (Å²) in [6.07, 6.45) is 4.33. The number of hydrogen-bond acceptors (Lipinski definition) is 3. The highest BCUT2D eigenvalue weighted by Crippen LogP contribution is 2.26. The third-order valence-electron chi connectivity index (χ3n) is 3.17. The lowest BCUT2D eigenvalue weighted by atomic mass is 10.1. The van der Waals surface area contributed by atoms with E-state index in [0.29, 0.717) is 6.54 Å². The van der Waals surface area contributed by atoms with Gasteiger partial charge in [-0.3, -0.25) is 4.79 Å². The number of carbonyl (C=O) groups is 1. The zero-order valence-corrected chi connectivity index (χ0v) is 9.56. The van der Waals surface area contributed by atoms with Crippen molar-refractivity contribution >= 4 is 5.91 Å². The summed E-state index contributed by atoms with van der Waals surface area (Å²) in [4.78, 5) is 13.8. The molecule has 2 N–H and O–H groups in total. The van der Waals surface area contributed by atoms with Crippen LogP contribution in [0.25, 0.3) is 0 Å². The Morgan fingerprint density at radius 1 is 1.62 bits per heavy atom. The highest BCUT2D eigenvalue weighted by Gasteiger charge is 2.29. The first-order valence-electron chi connectivity index (χ1n) is 5.69. The molecular weight excluding hydrogens is 204 g/mol. The van der Waals surface area contributed by atoms with E-state index in [1.807, 2.05) is 19.2 Å². The molecule has 1 saturated carbocycles. The molecule has 0 aliphatic heterocycles. The summed E-state index contributed by atoms with van der Waals surface area (Å²) in [5.41, 5.74) is 5.81. The maximum absolute atomic E-state index is 12.0. The minimum atomic E-state index is 0.106. The molecule has 1 amide bonds. The minimum absolute atomic E-state index is 0.106. The average Bonchev–Trinajstić information content (AvgIpc) is 2.88. The van der Waals surface area contributed by atoms with E-state index in [9.17, 15) is 4.79 Å². The summed E-state index contributed by atoms with van der Waals surface area (Å²) in [5, 5.41) is 0. The van der Waals surface area contributed by atoms with Crippen LogP contribution in [0.3, 0.4) is 0 Å². The van der Waals surface area contributed by atoms with Gasteiger partial charge in [0.1, 0.15) is 5.76 Å². The van der Waals surface area contributed by atoms with Crippen LogP contribution in [0, 0.1) is 5.92 Å². The van der Waals surface area contributed by atoms with Crippen molar-refractivity contribution in [3.63, 3.8) is 0 Å². The first-order valence-corrected chi connectivity index (χ1v) is 5.69. The van der Waals surface area contributed by atoms with E-state index in [0.717, 1.165) is 25.0 Å². The molecule has 88 valence electrons. The molecule has 1 aliphatic rings. The molecule has 0 radical (unpaired) electrons. The molecule has 1 aromatic heterocycles. The molecule has 0 spiro atoms.